The summed E-state index contributed by atoms with van der Waals surface area (Å²) >= 11 is 13.5. The van der Waals surface area contributed by atoms with E-state index in [0.717, 1.165) is 4.90 Å². The van der Waals surface area contributed by atoms with E-state index in [2.05, 4.69) is 10.0 Å². The predicted octanol–water partition coefficient (Wildman–Crippen LogP) is 5.91. The number of rotatable bonds is 7. The maximum atomic E-state index is 12.6. The first-order valence-electron chi connectivity index (χ1n) is 8.86. The first-order chi connectivity index (χ1) is 14.3. The average Bonchev–Trinajstić information content (AvgIpc) is 2.71. The number of sulfonamides is 1. The Kier molecular flexibility index (Phi) is 7.31. The van der Waals surface area contributed by atoms with Crippen LogP contribution in [0.1, 0.15) is 6.92 Å². The Morgan fingerprint density at radius 2 is 1.50 bits per heavy atom. The molecular formula is C21H18Cl2N2O3S2. The standard InChI is InChI=1S/C21H18Cl2N2O3S2/c1-14(29-20-9-5-3-7-18(20)23)21(26)24-15-10-12-16(13-11-15)30(27,28)25-19-8-4-2-6-17(19)22/h2-14,25H,1H3,(H,24,26)/t14-/m0/s1. The smallest absolute Gasteiger partial charge is 0.261 e. The van der Waals surface area contributed by atoms with Gasteiger partial charge in [0, 0.05) is 10.6 Å². The third kappa shape index (κ3) is 5.70. The summed E-state index contributed by atoms with van der Waals surface area (Å²) in [6, 6.07) is 19.8. The van der Waals surface area contributed by atoms with Crippen LogP contribution in [-0.2, 0) is 14.8 Å². The highest BCUT2D eigenvalue weighted by molar-refractivity contribution is 8.00. The van der Waals surface area contributed by atoms with Gasteiger partial charge in [0.15, 0.2) is 0 Å². The summed E-state index contributed by atoms with van der Waals surface area (Å²) in [5.41, 5.74) is 0.783. The van der Waals surface area contributed by atoms with Gasteiger partial charge in [0.1, 0.15) is 0 Å². The van der Waals surface area contributed by atoms with Gasteiger partial charge in [-0.25, -0.2) is 8.42 Å². The van der Waals surface area contributed by atoms with E-state index in [-0.39, 0.29) is 10.8 Å². The van der Waals surface area contributed by atoms with Crippen LogP contribution in [0.5, 0.6) is 0 Å². The van der Waals surface area contributed by atoms with Crippen molar-refractivity contribution in [1.82, 2.24) is 0 Å². The number of hydrogen-bond acceptors (Lipinski definition) is 4. The van der Waals surface area contributed by atoms with Crippen LogP contribution in [0.3, 0.4) is 0 Å². The van der Waals surface area contributed by atoms with Gasteiger partial charge in [-0.2, -0.15) is 0 Å². The maximum Gasteiger partial charge on any atom is 0.261 e. The third-order valence-corrected chi connectivity index (χ3v) is 7.39. The van der Waals surface area contributed by atoms with E-state index in [1.807, 2.05) is 18.2 Å². The molecule has 0 bridgehead atoms. The molecule has 0 saturated heterocycles. The summed E-state index contributed by atoms with van der Waals surface area (Å²) in [5, 5.41) is 3.27. The van der Waals surface area contributed by atoms with Crippen LogP contribution in [0, 0.1) is 0 Å². The molecule has 2 N–H and O–H groups in total. The quantitative estimate of drug-likeness (QED) is 0.411. The Morgan fingerprint density at radius 3 is 2.13 bits per heavy atom. The summed E-state index contributed by atoms with van der Waals surface area (Å²) in [4.78, 5) is 13.3. The molecule has 3 aromatic rings. The van der Waals surface area contributed by atoms with Crippen LogP contribution in [-0.4, -0.2) is 19.6 Å². The predicted molar refractivity (Wildman–Crippen MR) is 124 cm³/mol. The van der Waals surface area contributed by atoms with Crippen molar-refractivity contribution in [1.29, 1.82) is 0 Å². The molecule has 30 heavy (non-hydrogen) atoms. The van der Waals surface area contributed by atoms with Crippen LogP contribution < -0.4 is 10.0 Å². The van der Waals surface area contributed by atoms with Crippen LogP contribution in [0.25, 0.3) is 0 Å². The number of thioether (sulfide) groups is 1. The van der Waals surface area contributed by atoms with Crippen LogP contribution in [0.2, 0.25) is 10.0 Å². The summed E-state index contributed by atoms with van der Waals surface area (Å²) in [6.45, 7) is 1.77. The molecule has 1 atom stereocenters. The minimum Gasteiger partial charge on any atom is -0.325 e. The van der Waals surface area contributed by atoms with E-state index in [0.29, 0.717) is 21.4 Å². The van der Waals surface area contributed by atoms with Gasteiger partial charge in [-0.05, 0) is 55.5 Å². The van der Waals surface area contributed by atoms with Gasteiger partial charge in [-0.3, -0.25) is 9.52 Å². The maximum absolute atomic E-state index is 12.6. The zero-order chi connectivity index (χ0) is 21.7. The second-order valence-electron chi connectivity index (χ2n) is 6.29. The highest BCUT2D eigenvalue weighted by atomic mass is 35.5. The fourth-order valence-electron chi connectivity index (χ4n) is 2.49. The monoisotopic (exact) mass is 480 g/mol. The number of benzene rings is 3. The number of carbonyl (C=O) groups excluding carboxylic acids is 1. The molecule has 0 radical (unpaired) electrons. The van der Waals surface area contributed by atoms with Gasteiger partial charge < -0.3 is 5.32 Å². The van der Waals surface area contributed by atoms with Crippen molar-refractivity contribution in [2.24, 2.45) is 0 Å². The minimum absolute atomic E-state index is 0.0545. The SMILES string of the molecule is C[C@H](Sc1ccccc1Cl)C(=O)Nc1ccc(S(=O)(=O)Nc2ccccc2Cl)cc1. The molecule has 0 aliphatic rings. The van der Waals surface area contributed by atoms with Crippen LogP contribution in [0.15, 0.2) is 82.6 Å². The van der Waals surface area contributed by atoms with Crippen molar-refractivity contribution in [3.05, 3.63) is 82.8 Å². The molecule has 0 spiro atoms. The van der Waals surface area contributed by atoms with Crippen molar-refractivity contribution in [2.45, 2.75) is 22.0 Å². The molecule has 0 fully saturated rings. The molecular weight excluding hydrogens is 463 g/mol. The van der Waals surface area contributed by atoms with Crippen molar-refractivity contribution in [3.8, 4) is 0 Å². The molecule has 0 aliphatic heterocycles. The van der Waals surface area contributed by atoms with Crippen LogP contribution in [0.4, 0.5) is 11.4 Å². The molecule has 0 saturated carbocycles. The molecule has 1 amide bonds. The summed E-state index contributed by atoms with van der Waals surface area (Å²) in [5.74, 6) is -0.218. The van der Waals surface area contributed by atoms with E-state index < -0.39 is 15.3 Å². The van der Waals surface area contributed by atoms with Gasteiger partial charge in [-0.1, -0.05) is 47.5 Å². The molecule has 0 aromatic heterocycles. The Balaban J connectivity index is 1.66. The van der Waals surface area contributed by atoms with Gasteiger partial charge in [0.05, 0.1) is 25.9 Å². The van der Waals surface area contributed by atoms with Gasteiger partial charge >= 0.3 is 0 Å². The lowest BCUT2D eigenvalue weighted by Crippen LogP contribution is -2.22. The average molecular weight is 481 g/mol. The van der Waals surface area contributed by atoms with E-state index in [1.165, 1.54) is 36.0 Å². The lowest BCUT2D eigenvalue weighted by Gasteiger charge is -2.13. The van der Waals surface area contributed by atoms with E-state index in [4.69, 9.17) is 23.2 Å². The first kappa shape index (κ1) is 22.5. The van der Waals surface area contributed by atoms with E-state index >= 15 is 0 Å². The number of nitrogens with one attached hydrogen (secondary N) is 2. The number of amides is 1. The fraction of sp³-hybridized carbons (Fsp3) is 0.0952. The number of halogens is 2. The van der Waals surface area contributed by atoms with E-state index in [9.17, 15) is 13.2 Å². The highest BCUT2D eigenvalue weighted by Gasteiger charge is 2.18. The van der Waals surface area contributed by atoms with Crippen LogP contribution >= 0.6 is 35.0 Å². The number of hydrogen-bond donors (Lipinski definition) is 2. The van der Waals surface area contributed by atoms with Crippen molar-refractivity contribution in [3.63, 3.8) is 0 Å². The van der Waals surface area contributed by atoms with Gasteiger partial charge in [0.2, 0.25) is 5.91 Å². The largest absolute Gasteiger partial charge is 0.325 e. The lowest BCUT2D eigenvalue weighted by molar-refractivity contribution is -0.115. The minimum atomic E-state index is -3.81. The molecule has 5 nitrogen and oxygen atoms in total. The number of para-hydroxylation sites is 1. The molecule has 9 heteroatoms. The molecule has 3 rings (SSSR count). The molecule has 0 unspecified atom stereocenters. The summed E-state index contributed by atoms with van der Waals surface area (Å²) in [7, 11) is -3.81. The number of carbonyl (C=O) groups is 1. The highest BCUT2D eigenvalue weighted by Crippen LogP contribution is 2.30. The first-order valence-corrected chi connectivity index (χ1v) is 12.0. The Labute approximate surface area is 189 Å². The van der Waals surface area contributed by atoms with Crippen molar-refractivity contribution < 1.29 is 13.2 Å². The van der Waals surface area contributed by atoms with Gasteiger partial charge in [-0.15, -0.1) is 11.8 Å². The Hall–Kier alpha value is -2.19. The Bertz CT molecular complexity index is 1150. The van der Waals surface area contributed by atoms with E-state index in [1.54, 1.807) is 37.3 Å². The van der Waals surface area contributed by atoms with Crippen molar-refractivity contribution in [2.75, 3.05) is 10.0 Å². The second-order valence-corrected chi connectivity index (χ2v) is 10.2. The van der Waals surface area contributed by atoms with Crippen molar-refractivity contribution >= 4 is 62.3 Å². The zero-order valence-corrected chi connectivity index (χ0v) is 18.9. The normalized spacial score (nSPS) is 12.2. The molecule has 0 aliphatic carbocycles. The third-order valence-electron chi connectivity index (χ3n) is 4.06. The summed E-state index contributed by atoms with van der Waals surface area (Å²) < 4.78 is 27.6. The topological polar surface area (TPSA) is 75.3 Å². The Morgan fingerprint density at radius 1 is 0.900 bits per heavy atom. The number of anilines is 2. The molecule has 156 valence electrons. The summed E-state index contributed by atoms with van der Waals surface area (Å²) in [6.07, 6.45) is 0. The molecule has 0 heterocycles. The lowest BCUT2D eigenvalue weighted by atomic mass is 10.3. The fourth-order valence-corrected chi connectivity index (χ4v) is 4.97. The van der Waals surface area contributed by atoms with Gasteiger partial charge in [0.25, 0.3) is 10.0 Å². The second kappa shape index (κ2) is 9.75. The zero-order valence-electron chi connectivity index (χ0n) is 15.8. The molecule has 3 aromatic carbocycles.